The number of carbonyl (C=O) groups excluding carboxylic acids is 1. The van der Waals surface area contributed by atoms with Crippen molar-refractivity contribution in [2.24, 2.45) is 0 Å². The minimum absolute atomic E-state index is 0.143. The second-order valence-corrected chi connectivity index (χ2v) is 21.5. The highest BCUT2D eigenvalue weighted by atomic mass is 16.7. The van der Waals surface area contributed by atoms with Gasteiger partial charge >= 0.3 is 0 Å². The van der Waals surface area contributed by atoms with E-state index in [1.54, 1.807) is 0 Å². The van der Waals surface area contributed by atoms with Gasteiger partial charge in [0, 0.05) is 6.42 Å². The number of carbonyl (C=O) groups is 1. The zero-order chi connectivity index (χ0) is 55.0. The summed E-state index contributed by atoms with van der Waals surface area (Å²) in [6.45, 7) is 3.74. The molecule has 438 valence electrons. The van der Waals surface area contributed by atoms with Crippen molar-refractivity contribution in [2.45, 2.75) is 307 Å². The minimum atomic E-state index is -1.56. The van der Waals surface area contributed by atoms with Gasteiger partial charge < -0.3 is 40.3 Å². The van der Waals surface area contributed by atoms with Gasteiger partial charge in [-0.25, -0.2) is 0 Å². The van der Waals surface area contributed by atoms with Crippen LogP contribution in [0.1, 0.15) is 264 Å². The van der Waals surface area contributed by atoms with Crippen LogP contribution in [0.25, 0.3) is 0 Å². The lowest BCUT2D eigenvalue weighted by Crippen LogP contribution is -2.60. The number of unbranched alkanes of at least 4 members (excludes halogenated alkanes) is 27. The molecule has 1 amide bonds. The molecule has 0 radical (unpaired) electrons. The van der Waals surface area contributed by atoms with E-state index in [0.29, 0.717) is 12.8 Å². The first kappa shape index (κ1) is 71.1. The van der Waals surface area contributed by atoms with Crippen LogP contribution in [0.2, 0.25) is 0 Å². The average Bonchev–Trinajstić information content (AvgIpc) is 3.42. The molecule has 1 saturated heterocycles. The summed E-state index contributed by atoms with van der Waals surface area (Å²) >= 11 is 0. The van der Waals surface area contributed by atoms with Gasteiger partial charge in [-0.3, -0.25) is 4.79 Å². The fraction of sp³-hybridized carbons (Fsp3) is 0.746. The summed E-state index contributed by atoms with van der Waals surface area (Å²) in [7, 11) is 0. The van der Waals surface area contributed by atoms with Gasteiger partial charge in [-0.05, 0) is 77.0 Å². The van der Waals surface area contributed by atoms with Gasteiger partial charge in [0.1, 0.15) is 24.4 Å². The molecule has 9 nitrogen and oxygen atoms in total. The van der Waals surface area contributed by atoms with E-state index in [0.717, 1.165) is 96.3 Å². The summed E-state index contributed by atoms with van der Waals surface area (Å²) in [6.07, 6.45) is 72.9. The molecular weight excluding hydrogens is 947 g/mol. The predicted molar refractivity (Wildman–Crippen MR) is 322 cm³/mol. The van der Waals surface area contributed by atoms with Crippen molar-refractivity contribution < 1.29 is 39.8 Å². The van der Waals surface area contributed by atoms with Crippen LogP contribution in [0.5, 0.6) is 0 Å². The summed E-state index contributed by atoms with van der Waals surface area (Å²) in [5.41, 5.74) is 0. The molecule has 7 unspecified atom stereocenters. The van der Waals surface area contributed by atoms with Crippen LogP contribution in [0.4, 0.5) is 0 Å². The Hall–Kier alpha value is -2.89. The van der Waals surface area contributed by atoms with Gasteiger partial charge in [-0.15, -0.1) is 0 Å². The number of hydrogen-bond acceptors (Lipinski definition) is 8. The van der Waals surface area contributed by atoms with Crippen LogP contribution < -0.4 is 5.32 Å². The number of amides is 1. The molecule has 9 heteroatoms. The van der Waals surface area contributed by atoms with E-state index in [9.17, 15) is 30.3 Å². The lowest BCUT2D eigenvalue weighted by atomic mass is 9.99. The molecule has 1 fully saturated rings. The number of ether oxygens (including phenoxy) is 2. The standard InChI is InChI=1S/C67H117NO8/c1-3-5-7-9-11-13-15-17-19-21-23-24-25-26-27-28-29-30-31-32-33-34-35-36-37-38-39-41-43-45-47-49-51-53-55-57-63(71)68-60(59-75-67-66(74)65(73)64(72)62(58-69)76-67)61(70)56-54-52-50-48-46-44-42-40-22-20-18-16-14-12-10-8-6-4-2/h5,7,11,13,17,19,23-24,26-27,29-30,32-33,35-36,60-62,64-67,69-70,72-74H,3-4,6,8-10,12,14-16,18,20-22,25,28,31,34,37-59H2,1-2H3,(H,68,71)/b7-5-,13-11-,19-17-,24-23-,27-26-,30-29-,33-32-,36-35-. The Balaban J connectivity index is 2.16. The van der Waals surface area contributed by atoms with Crippen molar-refractivity contribution in [2.75, 3.05) is 13.2 Å². The summed E-state index contributed by atoms with van der Waals surface area (Å²) in [6, 6.07) is -0.728. The third-order valence-electron chi connectivity index (χ3n) is 14.5. The summed E-state index contributed by atoms with van der Waals surface area (Å²) in [5.74, 6) is -0.151. The Bertz CT molecular complexity index is 1510. The maximum atomic E-state index is 13.1. The van der Waals surface area contributed by atoms with Crippen molar-refractivity contribution in [3.63, 3.8) is 0 Å². The molecule has 6 N–H and O–H groups in total. The molecule has 0 aromatic rings. The van der Waals surface area contributed by atoms with Crippen LogP contribution in [0, 0.1) is 0 Å². The normalized spacial score (nSPS) is 19.5. The average molecular weight is 1060 g/mol. The fourth-order valence-corrected chi connectivity index (χ4v) is 9.53. The first-order valence-corrected chi connectivity index (χ1v) is 31.4. The number of hydrogen-bond donors (Lipinski definition) is 6. The summed E-state index contributed by atoms with van der Waals surface area (Å²) in [5, 5.41) is 54.8. The zero-order valence-electron chi connectivity index (χ0n) is 48.7. The van der Waals surface area contributed by atoms with Crippen molar-refractivity contribution in [1.82, 2.24) is 5.32 Å². The van der Waals surface area contributed by atoms with E-state index in [1.165, 1.54) is 141 Å². The van der Waals surface area contributed by atoms with Gasteiger partial charge in [0.05, 0.1) is 25.4 Å². The molecule has 0 aromatic heterocycles. The molecule has 0 aromatic carbocycles. The number of nitrogens with one attached hydrogen (secondary N) is 1. The molecule has 1 heterocycles. The lowest BCUT2D eigenvalue weighted by Gasteiger charge is -2.40. The largest absolute Gasteiger partial charge is 0.394 e. The molecule has 0 aliphatic carbocycles. The predicted octanol–water partition coefficient (Wildman–Crippen LogP) is 16.4. The van der Waals surface area contributed by atoms with Gasteiger partial charge in [0.15, 0.2) is 6.29 Å². The highest BCUT2D eigenvalue weighted by molar-refractivity contribution is 5.76. The highest BCUT2D eigenvalue weighted by Crippen LogP contribution is 2.23. The number of aliphatic hydroxyl groups excluding tert-OH is 5. The van der Waals surface area contributed by atoms with Crippen molar-refractivity contribution >= 4 is 5.91 Å². The van der Waals surface area contributed by atoms with Crippen molar-refractivity contribution in [3.05, 3.63) is 97.2 Å². The van der Waals surface area contributed by atoms with E-state index in [2.05, 4.69) is 116 Å². The molecule has 76 heavy (non-hydrogen) atoms. The maximum absolute atomic E-state index is 13.1. The van der Waals surface area contributed by atoms with E-state index in [-0.39, 0.29) is 12.5 Å². The van der Waals surface area contributed by atoms with Crippen LogP contribution in [0.3, 0.4) is 0 Å². The number of rotatable bonds is 53. The Morgan fingerprint density at radius 3 is 1.21 bits per heavy atom. The second-order valence-electron chi connectivity index (χ2n) is 21.5. The van der Waals surface area contributed by atoms with Gasteiger partial charge in [0.2, 0.25) is 5.91 Å². The van der Waals surface area contributed by atoms with Crippen LogP contribution in [-0.2, 0) is 14.3 Å². The third kappa shape index (κ3) is 44.0. The summed E-state index contributed by atoms with van der Waals surface area (Å²) in [4.78, 5) is 13.1. The Morgan fingerprint density at radius 2 is 0.816 bits per heavy atom. The fourth-order valence-electron chi connectivity index (χ4n) is 9.53. The topological polar surface area (TPSA) is 149 Å². The first-order valence-electron chi connectivity index (χ1n) is 31.4. The van der Waals surface area contributed by atoms with E-state index >= 15 is 0 Å². The molecule has 1 rings (SSSR count). The molecule has 1 aliphatic heterocycles. The van der Waals surface area contributed by atoms with E-state index in [4.69, 9.17) is 9.47 Å². The number of aliphatic hydroxyl groups is 5. The minimum Gasteiger partial charge on any atom is -0.394 e. The molecule has 0 spiro atoms. The van der Waals surface area contributed by atoms with Gasteiger partial charge in [0.25, 0.3) is 0 Å². The van der Waals surface area contributed by atoms with Crippen LogP contribution >= 0.6 is 0 Å². The molecular formula is C67H117NO8. The van der Waals surface area contributed by atoms with Crippen molar-refractivity contribution in [3.8, 4) is 0 Å². The lowest BCUT2D eigenvalue weighted by molar-refractivity contribution is -0.302. The summed E-state index contributed by atoms with van der Waals surface area (Å²) < 4.78 is 11.3. The molecule has 1 aliphatic rings. The maximum Gasteiger partial charge on any atom is 0.220 e. The Labute approximate surface area is 466 Å². The second kappa shape index (κ2) is 55.4. The molecule has 7 atom stereocenters. The van der Waals surface area contributed by atoms with Crippen molar-refractivity contribution in [1.29, 1.82) is 0 Å². The zero-order valence-corrected chi connectivity index (χ0v) is 48.7. The SMILES string of the molecule is CC/C=C\C/C=C\C/C=C\C/C=C\C/C=C\C/C=C\C/C=C\C/C=C\CCCCCCCCCCCCC(=O)NC(COC1OC(CO)C(O)C(O)C1O)C(O)CCCCCCCCCCCCCCCCCCCC. The molecule has 0 bridgehead atoms. The highest BCUT2D eigenvalue weighted by Gasteiger charge is 2.44. The smallest absolute Gasteiger partial charge is 0.220 e. The van der Waals surface area contributed by atoms with E-state index in [1.807, 2.05) is 0 Å². The van der Waals surface area contributed by atoms with Gasteiger partial charge in [-0.1, -0.05) is 278 Å². The third-order valence-corrected chi connectivity index (χ3v) is 14.5. The quantitative estimate of drug-likeness (QED) is 0.0261. The first-order chi connectivity index (χ1) is 37.3. The Kier molecular flexibility index (Phi) is 51.9. The van der Waals surface area contributed by atoms with Crippen LogP contribution in [-0.4, -0.2) is 87.5 Å². The monoisotopic (exact) mass is 1060 g/mol. The number of allylic oxidation sites excluding steroid dienone is 16. The Morgan fingerprint density at radius 1 is 0.461 bits per heavy atom. The van der Waals surface area contributed by atoms with Gasteiger partial charge in [-0.2, -0.15) is 0 Å². The molecule has 0 saturated carbocycles. The van der Waals surface area contributed by atoms with Crippen LogP contribution in [0.15, 0.2) is 97.2 Å². The van der Waals surface area contributed by atoms with E-state index < -0.39 is 49.5 Å².